The van der Waals surface area contributed by atoms with E-state index in [1.54, 1.807) is 6.07 Å². The number of nitrogens with zero attached hydrogens (tertiary/aromatic N) is 3. The van der Waals surface area contributed by atoms with Gasteiger partial charge < -0.3 is 14.4 Å². The molecule has 1 amide bonds. The van der Waals surface area contributed by atoms with Crippen molar-refractivity contribution in [2.24, 2.45) is 17.3 Å². The number of fused-ring (bicyclic) bond motifs is 4. The van der Waals surface area contributed by atoms with E-state index in [4.69, 9.17) is 9.47 Å². The smallest absolute Gasteiger partial charge is 0.409 e. The molecule has 1 saturated carbocycles. The molecule has 1 N–H and O–H groups in total. The van der Waals surface area contributed by atoms with Crippen molar-refractivity contribution in [3.05, 3.63) is 65.2 Å². The number of hydrogen-bond donors (Lipinski definition) is 1. The first-order chi connectivity index (χ1) is 21.8. The first kappa shape index (κ1) is 33.7. The van der Waals surface area contributed by atoms with Crippen LogP contribution in [0.4, 0.5) is 10.7 Å². The van der Waals surface area contributed by atoms with Gasteiger partial charge in [-0.3, -0.25) is 0 Å². The summed E-state index contributed by atoms with van der Waals surface area (Å²) >= 11 is 0. The Morgan fingerprint density at radius 1 is 1.02 bits per heavy atom. The van der Waals surface area contributed by atoms with Gasteiger partial charge in [-0.2, -0.15) is 4.98 Å². The molecule has 2 aliphatic rings. The molecule has 9 nitrogen and oxygen atoms in total. The Hall–Kier alpha value is -3.66. The van der Waals surface area contributed by atoms with Crippen LogP contribution in [-0.4, -0.2) is 55.7 Å². The third-order valence-corrected chi connectivity index (χ3v) is 10.8. The lowest BCUT2D eigenvalue weighted by Gasteiger charge is -2.42. The second-order valence-electron chi connectivity index (χ2n) is 14.0. The minimum Gasteiger partial charge on any atom is -0.477 e. The number of anilines is 1. The first-order valence-corrected chi connectivity index (χ1v) is 17.8. The summed E-state index contributed by atoms with van der Waals surface area (Å²) in [4.78, 5) is 23.7. The van der Waals surface area contributed by atoms with Crippen LogP contribution >= 0.6 is 0 Å². The van der Waals surface area contributed by atoms with Crippen molar-refractivity contribution in [3.63, 3.8) is 0 Å². The third kappa shape index (κ3) is 7.48. The highest BCUT2D eigenvalue weighted by Crippen LogP contribution is 2.46. The number of ether oxygens (including phenoxy) is 2. The van der Waals surface area contributed by atoms with Crippen LogP contribution in [0.5, 0.6) is 5.88 Å². The number of carbonyl (C=O) groups is 1. The van der Waals surface area contributed by atoms with Crippen LogP contribution in [0.1, 0.15) is 82.4 Å². The SMILES string of the molecule is CCN(C(=O)OC)C1CCC(C2c3cccc(c3)S(=O)(=O)Nc3nc(cc(-c4c(C)cccc4C)n3)OC[C@H]2CC(C)(C)C)CC1. The number of benzene rings is 2. The van der Waals surface area contributed by atoms with Gasteiger partial charge >= 0.3 is 6.09 Å². The van der Waals surface area contributed by atoms with Gasteiger partial charge in [-0.05, 0) is 98.9 Å². The molecule has 10 heteroatoms. The molecule has 0 radical (unpaired) electrons. The Labute approximate surface area is 274 Å². The molecular weight excluding hydrogens is 600 g/mol. The minimum atomic E-state index is -4.00. The van der Waals surface area contributed by atoms with E-state index in [9.17, 15) is 13.2 Å². The van der Waals surface area contributed by atoms with Gasteiger partial charge in [-0.1, -0.05) is 51.1 Å². The summed E-state index contributed by atoms with van der Waals surface area (Å²) < 4.78 is 41.9. The van der Waals surface area contributed by atoms with E-state index in [0.29, 0.717) is 24.7 Å². The van der Waals surface area contributed by atoms with Crippen LogP contribution in [-0.2, 0) is 14.8 Å². The number of nitrogens with one attached hydrogen (secondary N) is 1. The topological polar surface area (TPSA) is 111 Å². The van der Waals surface area contributed by atoms with Crippen LogP contribution in [0.2, 0.25) is 0 Å². The fourth-order valence-corrected chi connectivity index (χ4v) is 8.58. The van der Waals surface area contributed by atoms with Gasteiger partial charge in [-0.25, -0.2) is 22.9 Å². The molecule has 2 aromatic carbocycles. The van der Waals surface area contributed by atoms with Gasteiger partial charge in [0.15, 0.2) is 0 Å². The van der Waals surface area contributed by atoms with Crippen molar-refractivity contribution >= 4 is 22.1 Å². The zero-order valence-electron chi connectivity index (χ0n) is 28.2. The van der Waals surface area contributed by atoms with E-state index >= 15 is 0 Å². The zero-order chi connectivity index (χ0) is 33.2. The number of sulfonamides is 1. The van der Waals surface area contributed by atoms with Crippen molar-refractivity contribution in [1.29, 1.82) is 0 Å². The number of aromatic nitrogens is 2. The number of methoxy groups -OCH3 is 1. The van der Waals surface area contributed by atoms with Crippen molar-refractivity contribution in [3.8, 4) is 17.1 Å². The summed E-state index contributed by atoms with van der Waals surface area (Å²) in [5, 5.41) is 0. The highest BCUT2D eigenvalue weighted by Gasteiger charge is 2.38. The molecule has 1 fully saturated rings. The third-order valence-electron chi connectivity index (χ3n) is 9.49. The monoisotopic (exact) mass is 648 g/mol. The van der Waals surface area contributed by atoms with Gasteiger partial charge in [0.25, 0.3) is 10.0 Å². The predicted molar refractivity (Wildman–Crippen MR) is 181 cm³/mol. The molecule has 46 heavy (non-hydrogen) atoms. The molecule has 4 bridgehead atoms. The molecule has 1 unspecified atom stereocenters. The Balaban J connectivity index is 1.58. The zero-order valence-corrected chi connectivity index (χ0v) is 29.0. The number of aryl methyl sites for hydroxylation is 2. The second-order valence-corrected chi connectivity index (χ2v) is 15.7. The maximum absolute atomic E-state index is 13.8. The maximum atomic E-state index is 13.8. The molecule has 2 heterocycles. The fourth-order valence-electron chi connectivity index (χ4n) is 7.58. The van der Waals surface area contributed by atoms with Gasteiger partial charge in [-0.15, -0.1) is 0 Å². The lowest BCUT2D eigenvalue weighted by Crippen LogP contribution is -2.43. The Morgan fingerprint density at radius 2 is 1.70 bits per heavy atom. The Morgan fingerprint density at radius 3 is 2.33 bits per heavy atom. The molecule has 5 rings (SSSR count). The van der Waals surface area contributed by atoms with Gasteiger partial charge in [0, 0.05) is 30.1 Å². The average molecular weight is 649 g/mol. The number of rotatable bonds is 5. The Kier molecular flexibility index (Phi) is 9.96. The minimum absolute atomic E-state index is 0.00403. The fraction of sp³-hybridized carbons (Fsp3) is 0.528. The summed E-state index contributed by atoms with van der Waals surface area (Å²) in [6, 6.07) is 15.3. The maximum Gasteiger partial charge on any atom is 0.409 e. The van der Waals surface area contributed by atoms with Crippen LogP contribution in [0, 0.1) is 31.1 Å². The molecule has 2 atom stereocenters. The average Bonchev–Trinajstić information content (AvgIpc) is 2.99. The number of carbonyl (C=O) groups excluding carboxylic acids is 1. The van der Waals surface area contributed by atoms with Gasteiger partial charge in [0.05, 0.1) is 24.3 Å². The lowest BCUT2D eigenvalue weighted by molar-refractivity contribution is 0.0778. The van der Waals surface area contributed by atoms with Crippen molar-refractivity contribution in [2.45, 2.75) is 90.5 Å². The molecular formula is C36H48N4O5S. The highest BCUT2D eigenvalue weighted by atomic mass is 32.2. The number of hydrogen-bond acceptors (Lipinski definition) is 7. The standard InChI is InChI=1S/C36H48N4O5S/c1-8-40(35(41)44-7)28-17-15-25(16-18-28)33-26-13-10-14-29(19-26)46(42,43)39-34-37-30(32-23(2)11-9-12-24(32)3)20-31(38-34)45-22-27(33)21-36(4,5)6/h9-14,19-20,25,27-28,33H,8,15-18,21-22H2,1-7H3,(H,37,38,39)/t25?,27-,28?,33?/m1/s1. The molecule has 1 aliphatic carbocycles. The van der Waals surface area contributed by atoms with E-state index in [-0.39, 0.29) is 46.1 Å². The molecule has 248 valence electrons. The van der Waals surface area contributed by atoms with E-state index in [2.05, 4.69) is 41.5 Å². The normalized spacial score (nSPS) is 22.8. The quantitative estimate of drug-likeness (QED) is 0.301. The van der Waals surface area contributed by atoms with Gasteiger partial charge in [0.1, 0.15) is 0 Å². The summed E-state index contributed by atoms with van der Waals surface area (Å²) in [6.07, 6.45) is 4.13. The van der Waals surface area contributed by atoms with Crippen LogP contribution < -0.4 is 9.46 Å². The molecule has 0 spiro atoms. The van der Waals surface area contributed by atoms with E-state index in [0.717, 1.165) is 54.4 Å². The van der Waals surface area contributed by atoms with E-state index < -0.39 is 10.0 Å². The lowest BCUT2D eigenvalue weighted by atomic mass is 9.67. The molecule has 1 aromatic heterocycles. The summed E-state index contributed by atoms with van der Waals surface area (Å²) in [6.45, 7) is 13.7. The van der Waals surface area contributed by atoms with Crippen molar-refractivity contribution in [2.75, 3.05) is 25.0 Å². The van der Waals surface area contributed by atoms with E-state index in [1.165, 1.54) is 7.11 Å². The van der Waals surface area contributed by atoms with Crippen LogP contribution in [0.25, 0.3) is 11.3 Å². The highest BCUT2D eigenvalue weighted by molar-refractivity contribution is 7.92. The molecule has 3 aromatic rings. The van der Waals surface area contributed by atoms with Crippen molar-refractivity contribution in [1.82, 2.24) is 14.9 Å². The summed E-state index contributed by atoms with van der Waals surface area (Å²) in [5.74, 6) is 0.727. The second kappa shape index (κ2) is 13.6. The van der Waals surface area contributed by atoms with Crippen LogP contribution in [0.15, 0.2) is 53.4 Å². The molecule has 1 aliphatic heterocycles. The van der Waals surface area contributed by atoms with E-state index in [1.807, 2.05) is 62.1 Å². The summed E-state index contributed by atoms with van der Waals surface area (Å²) in [5.41, 5.74) is 4.59. The first-order valence-electron chi connectivity index (χ1n) is 16.4. The summed E-state index contributed by atoms with van der Waals surface area (Å²) in [7, 11) is -2.57. The molecule has 0 saturated heterocycles. The number of amides is 1. The Bertz CT molecular complexity index is 1640. The van der Waals surface area contributed by atoms with Crippen LogP contribution in [0.3, 0.4) is 0 Å². The largest absolute Gasteiger partial charge is 0.477 e. The van der Waals surface area contributed by atoms with Crippen molar-refractivity contribution < 1.29 is 22.7 Å². The predicted octanol–water partition coefficient (Wildman–Crippen LogP) is 7.74. The van der Waals surface area contributed by atoms with Gasteiger partial charge in [0.2, 0.25) is 11.8 Å².